The molecular formula is C31H39NO3. The Morgan fingerprint density at radius 3 is 2.37 bits per heavy atom. The maximum absolute atomic E-state index is 9.63. The average Bonchev–Trinajstić information content (AvgIpc) is 3.42. The topological polar surface area (TPSA) is 52.9 Å². The van der Waals surface area contributed by atoms with Crippen LogP contribution in [0.15, 0.2) is 78.4 Å². The molecule has 1 saturated heterocycles. The Kier molecular flexibility index (Phi) is 9.50. The number of aliphatic hydroxyl groups excluding tert-OH is 2. The smallest absolute Gasteiger partial charge is 0.0819 e. The van der Waals surface area contributed by atoms with Crippen molar-refractivity contribution in [3.05, 3.63) is 95.1 Å². The van der Waals surface area contributed by atoms with Crippen molar-refractivity contribution < 1.29 is 14.9 Å². The molecule has 1 aliphatic carbocycles. The zero-order valence-electron chi connectivity index (χ0n) is 20.9. The third-order valence-corrected chi connectivity index (χ3v) is 7.07. The Morgan fingerprint density at radius 1 is 0.971 bits per heavy atom. The van der Waals surface area contributed by atoms with Gasteiger partial charge < -0.3 is 19.8 Å². The minimum atomic E-state index is 0.0332. The van der Waals surface area contributed by atoms with Gasteiger partial charge in [0.15, 0.2) is 0 Å². The molecule has 1 fully saturated rings. The van der Waals surface area contributed by atoms with Crippen LogP contribution in [-0.2, 0) is 11.3 Å². The zero-order chi connectivity index (χ0) is 24.5. The lowest BCUT2D eigenvalue weighted by atomic mass is 9.83. The standard InChI is InChI=1S/C31H39NO3/c1-24-22-28(15-16-30(24)35-21-19-32-17-5-6-18-32)31(27-13-11-25(23-34)12-14-27)29(10-7-20-33)26-8-3-2-4-9-26/h2-4,8-9,11-16,22,24,30,33-34H,5-7,10,17-21,23H2,1H3/b31-29-/t24-,30?/m1/s1. The number of nitrogens with zero attached hydrogens (tertiary/aromatic N) is 1. The zero-order valence-corrected chi connectivity index (χ0v) is 20.9. The molecule has 2 aromatic rings. The van der Waals surface area contributed by atoms with Crippen molar-refractivity contribution in [2.24, 2.45) is 5.92 Å². The average molecular weight is 474 g/mol. The predicted molar refractivity (Wildman–Crippen MR) is 144 cm³/mol. The first-order valence-electron chi connectivity index (χ1n) is 13.0. The highest BCUT2D eigenvalue weighted by Gasteiger charge is 2.22. The quantitative estimate of drug-likeness (QED) is 0.425. The van der Waals surface area contributed by atoms with Gasteiger partial charge in [0.25, 0.3) is 0 Å². The molecule has 0 spiro atoms. The summed E-state index contributed by atoms with van der Waals surface area (Å²) in [6.45, 7) is 6.59. The van der Waals surface area contributed by atoms with Crippen LogP contribution in [0, 0.1) is 5.92 Å². The third kappa shape index (κ3) is 6.80. The number of benzene rings is 2. The van der Waals surface area contributed by atoms with Gasteiger partial charge in [-0.15, -0.1) is 0 Å². The third-order valence-electron chi connectivity index (χ3n) is 7.07. The molecule has 186 valence electrons. The van der Waals surface area contributed by atoms with E-state index < -0.39 is 0 Å². The van der Waals surface area contributed by atoms with E-state index in [-0.39, 0.29) is 25.2 Å². The van der Waals surface area contributed by atoms with Gasteiger partial charge in [0.05, 0.1) is 19.3 Å². The van der Waals surface area contributed by atoms with Crippen molar-refractivity contribution in [3.63, 3.8) is 0 Å². The van der Waals surface area contributed by atoms with Gasteiger partial charge in [0, 0.05) is 19.1 Å². The molecule has 1 aliphatic heterocycles. The summed E-state index contributed by atoms with van der Waals surface area (Å²) in [6.07, 6.45) is 10.9. The van der Waals surface area contributed by atoms with Crippen LogP contribution in [0.3, 0.4) is 0 Å². The van der Waals surface area contributed by atoms with Gasteiger partial charge in [-0.3, -0.25) is 0 Å². The molecule has 0 aromatic heterocycles. The summed E-state index contributed by atoms with van der Waals surface area (Å²) in [6, 6.07) is 18.6. The fourth-order valence-electron chi connectivity index (χ4n) is 5.11. The second-order valence-corrected chi connectivity index (χ2v) is 9.63. The van der Waals surface area contributed by atoms with Gasteiger partial charge >= 0.3 is 0 Å². The van der Waals surface area contributed by atoms with Gasteiger partial charge in [-0.05, 0) is 72.2 Å². The van der Waals surface area contributed by atoms with Crippen molar-refractivity contribution in [1.29, 1.82) is 0 Å². The molecule has 2 aromatic carbocycles. The Hall–Kier alpha value is -2.50. The summed E-state index contributed by atoms with van der Waals surface area (Å²) >= 11 is 0. The van der Waals surface area contributed by atoms with E-state index in [0.29, 0.717) is 6.42 Å². The van der Waals surface area contributed by atoms with Gasteiger partial charge in [-0.25, -0.2) is 0 Å². The highest BCUT2D eigenvalue weighted by Crippen LogP contribution is 2.38. The first-order valence-corrected chi connectivity index (χ1v) is 13.0. The van der Waals surface area contributed by atoms with Gasteiger partial charge in [-0.2, -0.15) is 0 Å². The molecule has 1 unspecified atom stereocenters. The van der Waals surface area contributed by atoms with E-state index >= 15 is 0 Å². The molecule has 2 aliphatic rings. The maximum Gasteiger partial charge on any atom is 0.0819 e. The van der Waals surface area contributed by atoms with Crippen molar-refractivity contribution in [3.8, 4) is 0 Å². The minimum absolute atomic E-state index is 0.0332. The van der Waals surface area contributed by atoms with E-state index in [1.807, 2.05) is 18.2 Å². The Labute approximate surface area is 210 Å². The highest BCUT2D eigenvalue weighted by molar-refractivity contribution is 5.99. The van der Waals surface area contributed by atoms with Gasteiger partial charge in [0.2, 0.25) is 0 Å². The molecule has 0 bridgehead atoms. The van der Waals surface area contributed by atoms with Crippen molar-refractivity contribution in [1.82, 2.24) is 4.90 Å². The molecule has 2 atom stereocenters. The molecule has 0 radical (unpaired) electrons. The van der Waals surface area contributed by atoms with E-state index in [9.17, 15) is 10.2 Å². The second-order valence-electron chi connectivity index (χ2n) is 9.63. The Morgan fingerprint density at radius 2 is 1.71 bits per heavy atom. The Balaban J connectivity index is 1.64. The van der Waals surface area contributed by atoms with Crippen LogP contribution in [-0.4, -0.2) is 54.1 Å². The van der Waals surface area contributed by atoms with Crippen LogP contribution in [0.1, 0.15) is 49.3 Å². The lowest BCUT2D eigenvalue weighted by molar-refractivity contribution is 0.0485. The fraction of sp³-hybridized carbons (Fsp3) is 0.419. The van der Waals surface area contributed by atoms with Crippen LogP contribution in [0.5, 0.6) is 0 Å². The molecule has 0 amide bonds. The number of ether oxygens (including phenoxy) is 1. The van der Waals surface area contributed by atoms with Crippen LogP contribution in [0.2, 0.25) is 0 Å². The first-order chi connectivity index (χ1) is 17.2. The summed E-state index contributed by atoms with van der Waals surface area (Å²) in [7, 11) is 0. The summed E-state index contributed by atoms with van der Waals surface area (Å²) < 4.78 is 6.28. The Bertz CT molecular complexity index is 1020. The lowest BCUT2D eigenvalue weighted by Gasteiger charge is -2.27. The molecular weight excluding hydrogens is 434 g/mol. The van der Waals surface area contributed by atoms with E-state index in [1.54, 1.807) is 0 Å². The van der Waals surface area contributed by atoms with Crippen LogP contribution in [0.4, 0.5) is 0 Å². The summed E-state index contributed by atoms with van der Waals surface area (Å²) in [5.41, 5.74) is 6.80. The maximum atomic E-state index is 9.63. The minimum Gasteiger partial charge on any atom is -0.396 e. The van der Waals surface area contributed by atoms with Crippen molar-refractivity contribution in [2.45, 2.75) is 45.3 Å². The number of aliphatic hydroxyl groups is 2. The number of rotatable bonds is 11. The van der Waals surface area contributed by atoms with Gasteiger partial charge in [0.1, 0.15) is 0 Å². The predicted octanol–water partition coefficient (Wildman–Crippen LogP) is 5.48. The van der Waals surface area contributed by atoms with Crippen LogP contribution >= 0.6 is 0 Å². The molecule has 2 N–H and O–H groups in total. The van der Waals surface area contributed by atoms with Crippen molar-refractivity contribution >= 4 is 11.1 Å². The molecule has 1 heterocycles. The number of likely N-dealkylation sites (tertiary alicyclic amines) is 1. The fourth-order valence-corrected chi connectivity index (χ4v) is 5.11. The lowest BCUT2D eigenvalue weighted by Crippen LogP contribution is -2.28. The number of hydrogen-bond donors (Lipinski definition) is 2. The molecule has 4 nitrogen and oxygen atoms in total. The van der Waals surface area contributed by atoms with E-state index in [4.69, 9.17) is 4.74 Å². The molecule has 0 saturated carbocycles. The van der Waals surface area contributed by atoms with E-state index in [0.717, 1.165) is 30.7 Å². The van der Waals surface area contributed by atoms with Crippen LogP contribution < -0.4 is 0 Å². The van der Waals surface area contributed by atoms with Gasteiger partial charge in [-0.1, -0.05) is 79.7 Å². The largest absolute Gasteiger partial charge is 0.396 e. The molecule has 4 heteroatoms. The van der Waals surface area contributed by atoms with E-state index in [2.05, 4.69) is 66.4 Å². The summed E-state index contributed by atoms with van der Waals surface area (Å²) in [5, 5.41) is 19.2. The number of allylic oxidation sites excluding steroid dienone is 4. The monoisotopic (exact) mass is 473 g/mol. The first kappa shape index (κ1) is 25.6. The normalized spacial score (nSPS) is 21.2. The SMILES string of the molecule is C[C@@H]1C=C(/C(=C(/CCCO)c2ccccc2)c2ccc(CO)cc2)C=CC1OCCN1CCCC1. The number of hydrogen-bond acceptors (Lipinski definition) is 4. The van der Waals surface area contributed by atoms with Crippen molar-refractivity contribution in [2.75, 3.05) is 32.8 Å². The highest BCUT2D eigenvalue weighted by atomic mass is 16.5. The summed E-state index contributed by atoms with van der Waals surface area (Å²) in [4.78, 5) is 2.49. The molecule has 4 rings (SSSR count). The summed E-state index contributed by atoms with van der Waals surface area (Å²) in [5.74, 6) is 0.259. The van der Waals surface area contributed by atoms with Crippen LogP contribution in [0.25, 0.3) is 11.1 Å². The molecule has 35 heavy (non-hydrogen) atoms. The second kappa shape index (κ2) is 13.0. The van der Waals surface area contributed by atoms with E-state index in [1.165, 1.54) is 48.2 Å².